The van der Waals surface area contributed by atoms with Gasteiger partial charge in [0.15, 0.2) is 0 Å². The second-order valence-electron chi connectivity index (χ2n) is 4.86. The average Bonchev–Trinajstić information content (AvgIpc) is 2.46. The van der Waals surface area contributed by atoms with Gasteiger partial charge in [0.1, 0.15) is 11.5 Å². The fourth-order valence-electron chi connectivity index (χ4n) is 2.37. The van der Waals surface area contributed by atoms with E-state index in [0.717, 1.165) is 37.0 Å². The third kappa shape index (κ3) is 4.13. The Hall–Kier alpha value is -1.22. The smallest absolute Gasteiger partial charge is 0.128 e. The monoisotopic (exact) mass is 266 g/mol. The van der Waals surface area contributed by atoms with Crippen molar-refractivity contribution in [3.05, 3.63) is 23.8 Å². The number of hydrogen-bond acceptors (Lipinski definition) is 3. The zero-order valence-corrected chi connectivity index (χ0v) is 12.5. The van der Waals surface area contributed by atoms with Crippen LogP contribution in [-0.2, 0) is 0 Å². The van der Waals surface area contributed by atoms with E-state index in [2.05, 4.69) is 13.8 Å². The van der Waals surface area contributed by atoms with E-state index < -0.39 is 6.10 Å². The number of aliphatic hydroxyl groups is 1. The van der Waals surface area contributed by atoms with Gasteiger partial charge in [0.25, 0.3) is 0 Å². The van der Waals surface area contributed by atoms with Crippen molar-refractivity contribution in [1.29, 1.82) is 0 Å². The molecule has 0 saturated heterocycles. The van der Waals surface area contributed by atoms with Crippen LogP contribution in [0.25, 0.3) is 0 Å². The molecule has 108 valence electrons. The molecule has 0 amide bonds. The lowest BCUT2D eigenvalue weighted by atomic mass is 9.88. The molecule has 2 atom stereocenters. The second-order valence-corrected chi connectivity index (χ2v) is 4.86. The highest BCUT2D eigenvalue weighted by molar-refractivity contribution is 5.42. The van der Waals surface area contributed by atoms with E-state index in [4.69, 9.17) is 9.47 Å². The van der Waals surface area contributed by atoms with Gasteiger partial charge in [0, 0.05) is 11.6 Å². The molecule has 3 nitrogen and oxygen atoms in total. The summed E-state index contributed by atoms with van der Waals surface area (Å²) in [6.07, 6.45) is 3.84. The Bertz CT molecular complexity index is 376. The van der Waals surface area contributed by atoms with Crippen LogP contribution in [0.5, 0.6) is 11.5 Å². The molecule has 0 radical (unpaired) electrons. The van der Waals surface area contributed by atoms with E-state index in [9.17, 15) is 5.11 Å². The highest BCUT2D eigenvalue weighted by atomic mass is 16.5. The summed E-state index contributed by atoms with van der Waals surface area (Å²) in [6.45, 7) is 4.30. The fourth-order valence-corrected chi connectivity index (χ4v) is 2.37. The molecule has 1 aromatic carbocycles. The van der Waals surface area contributed by atoms with Crippen molar-refractivity contribution in [3.8, 4) is 11.5 Å². The van der Waals surface area contributed by atoms with Crippen molar-refractivity contribution in [3.63, 3.8) is 0 Å². The molecule has 0 spiro atoms. The molecule has 1 rings (SSSR count). The molecule has 0 saturated carbocycles. The molecule has 0 aliphatic rings. The number of benzene rings is 1. The number of hydrogen-bond donors (Lipinski definition) is 1. The van der Waals surface area contributed by atoms with E-state index in [-0.39, 0.29) is 5.92 Å². The summed E-state index contributed by atoms with van der Waals surface area (Å²) >= 11 is 0. The minimum absolute atomic E-state index is 0.280. The Kier molecular flexibility index (Phi) is 6.71. The maximum atomic E-state index is 10.6. The Morgan fingerprint density at radius 3 is 2.42 bits per heavy atom. The quantitative estimate of drug-likeness (QED) is 0.774. The van der Waals surface area contributed by atoms with Gasteiger partial charge in [0.05, 0.1) is 20.3 Å². The molecular weight excluding hydrogens is 240 g/mol. The number of ether oxygens (including phenoxy) is 2. The topological polar surface area (TPSA) is 38.7 Å². The average molecular weight is 266 g/mol. The van der Waals surface area contributed by atoms with Crippen LogP contribution in [-0.4, -0.2) is 19.3 Å². The molecule has 0 heterocycles. The van der Waals surface area contributed by atoms with Gasteiger partial charge in [-0.05, 0) is 24.5 Å². The predicted molar refractivity (Wildman–Crippen MR) is 77.8 cm³/mol. The van der Waals surface area contributed by atoms with Gasteiger partial charge in [-0.15, -0.1) is 0 Å². The summed E-state index contributed by atoms with van der Waals surface area (Å²) < 4.78 is 10.5. The number of aliphatic hydroxyl groups excluding tert-OH is 1. The molecule has 1 N–H and O–H groups in total. The van der Waals surface area contributed by atoms with Crippen LogP contribution in [0.3, 0.4) is 0 Å². The first-order valence-corrected chi connectivity index (χ1v) is 7.07. The van der Waals surface area contributed by atoms with Gasteiger partial charge in [0.2, 0.25) is 0 Å². The van der Waals surface area contributed by atoms with Crippen LogP contribution in [0.1, 0.15) is 51.2 Å². The van der Waals surface area contributed by atoms with Gasteiger partial charge in [-0.2, -0.15) is 0 Å². The number of methoxy groups -OCH3 is 2. The van der Waals surface area contributed by atoms with Crippen LogP contribution in [0.2, 0.25) is 0 Å². The summed E-state index contributed by atoms with van der Waals surface area (Å²) in [7, 11) is 3.25. The maximum absolute atomic E-state index is 10.6. The van der Waals surface area contributed by atoms with Crippen molar-refractivity contribution >= 4 is 0 Å². The third-order valence-electron chi connectivity index (χ3n) is 3.66. The SMILES string of the molecule is CCCCC(CC)C(O)c1ccc(OC)cc1OC. The van der Waals surface area contributed by atoms with E-state index in [1.807, 2.05) is 18.2 Å². The lowest BCUT2D eigenvalue weighted by Gasteiger charge is -2.23. The van der Waals surface area contributed by atoms with Crippen molar-refractivity contribution in [2.24, 2.45) is 5.92 Å². The zero-order valence-electron chi connectivity index (χ0n) is 12.5. The molecule has 0 aliphatic carbocycles. The zero-order chi connectivity index (χ0) is 14.3. The van der Waals surface area contributed by atoms with Gasteiger partial charge in [-0.3, -0.25) is 0 Å². The molecule has 0 fully saturated rings. The van der Waals surface area contributed by atoms with Gasteiger partial charge >= 0.3 is 0 Å². The van der Waals surface area contributed by atoms with Gasteiger partial charge < -0.3 is 14.6 Å². The molecule has 0 aliphatic heterocycles. The van der Waals surface area contributed by atoms with Crippen LogP contribution in [0, 0.1) is 5.92 Å². The first kappa shape index (κ1) is 15.8. The molecule has 1 aromatic rings. The number of unbranched alkanes of at least 4 members (excludes halogenated alkanes) is 1. The first-order valence-electron chi connectivity index (χ1n) is 7.07. The van der Waals surface area contributed by atoms with Gasteiger partial charge in [-0.1, -0.05) is 33.1 Å². The van der Waals surface area contributed by atoms with E-state index in [1.54, 1.807) is 14.2 Å². The van der Waals surface area contributed by atoms with Gasteiger partial charge in [-0.25, -0.2) is 0 Å². The Morgan fingerprint density at radius 2 is 1.89 bits per heavy atom. The molecule has 0 bridgehead atoms. The third-order valence-corrected chi connectivity index (χ3v) is 3.66. The largest absolute Gasteiger partial charge is 0.497 e. The summed E-state index contributed by atoms with van der Waals surface area (Å²) in [4.78, 5) is 0. The normalized spacial score (nSPS) is 13.9. The second kappa shape index (κ2) is 8.05. The minimum atomic E-state index is -0.475. The van der Waals surface area contributed by atoms with Crippen LogP contribution in [0.15, 0.2) is 18.2 Å². The Morgan fingerprint density at radius 1 is 1.16 bits per heavy atom. The summed E-state index contributed by atoms with van der Waals surface area (Å²) in [5, 5.41) is 10.6. The van der Waals surface area contributed by atoms with Crippen LogP contribution < -0.4 is 9.47 Å². The lowest BCUT2D eigenvalue weighted by molar-refractivity contribution is 0.0961. The van der Waals surface area contributed by atoms with Crippen molar-refractivity contribution in [2.45, 2.75) is 45.6 Å². The summed E-state index contributed by atoms with van der Waals surface area (Å²) in [5.74, 6) is 1.72. The van der Waals surface area contributed by atoms with E-state index >= 15 is 0 Å². The Balaban J connectivity index is 2.93. The highest BCUT2D eigenvalue weighted by Crippen LogP contribution is 2.36. The summed E-state index contributed by atoms with van der Waals surface area (Å²) in [5.41, 5.74) is 0.853. The van der Waals surface area contributed by atoms with Crippen LogP contribution >= 0.6 is 0 Å². The van der Waals surface area contributed by atoms with Crippen LogP contribution in [0.4, 0.5) is 0 Å². The fraction of sp³-hybridized carbons (Fsp3) is 0.625. The molecule has 0 aromatic heterocycles. The minimum Gasteiger partial charge on any atom is -0.497 e. The highest BCUT2D eigenvalue weighted by Gasteiger charge is 2.22. The standard InChI is InChI=1S/C16H26O3/c1-5-7-8-12(6-2)16(17)14-10-9-13(18-3)11-15(14)19-4/h9-12,16-17H,5-8H2,1-4H3. The summed E-state index contributed by atoms with van der Waals surface area (Å²) in [6, 6.07) is 5.59. The number of rotatable bonds is 8. The van der Waals surface area contributed by atoms with E-state index in [1.165, 1.54) is 0 Å². The van der Waals surface area contributed by atoms with Crippen molar-refractivity contribution < 1.29 is 14.6 Å². The predicted octanol–water partition coefficient (Wildman–Crippen LogP) is 3.95. The molecule has 3 heteroatoms. The maximum Gasteiger partial charge on any atom is 0.128 e. The van der Waals surface area contributed by atoms with Crippen molar-refractivity contribution in [2.75, 3.05) is 14.2 Å². The molecule has 19 heavy (non-hydrogen) atoms. The lowest BCUT2D eigenvalue weighted by Crippen LogP contribution is -2.13. The molecule has 2 unspecified atom stereocenters. The Labute approximate surface area is 116 Å². The first-order chi connectivity index (χ1) is 9.17. The molecular formula is C16H26O3. The van der Waals surface area contributed by atoms with Crippen molar-refractivity contribution in [1.82, 2.24) is 0 Å². The van der Waals surface area contributed by atoms with E-state index in [0.29, 0.717) is 5.75 Å².